The first kappa shape index (κ1) is 7.22. The predicted molar refractivity (Wildman–Crippen MR) is 46.4 cm³/mol. The number of aromatic nitrogens is 1. The Labute approximate surface area is 69.9 Å². The SMILES string of the molecule is Cc1ccc(F)c2ccncc12. The van der Waals surface area contributed by atoms with Gasteiger partial charge < -0.3 is 0 Å². The van der Waals surface area contributed by atoms with Crippen molar-refractivity contribution >= 4 is 10.8 Å². The van der Waals surface area contributed by atoms with Gasteiger partial charge in [-0.3, -0.25) is 4.98 Å². The van der Waals surface area contributed by atoms with Gasteiger partial charge in [-0.05, 0) is 24.6 Å². The lowest BCUT2D eigenvalue weighted by Gasteiger charge is -2.00. The molecule has 0 amide bonds. The first-order valence-corrected chi connectivity index (χ1v) is 3.78. The number of aryl methyl sites for hydroxylation is 1. The van der Waals surface area contributed by atoms with Gasteiger partial charge in [0.25, 0.3) is 0 Å². The Bertz CT molecular complexity index is 383. The van der Waals surface area contributed by atoms with Crippen LogP contribution in [0.15, 0.2) is 30.6 Å². The number of rotatable bonds is 0. The van der Waals surface area contributed by atoms with Gasteiger partial charge in [-0.15, -0.1) is 0 Å². The summed E-state index contributed by atoms with van der Waals surface area (Å²) in [6, 6.07) is 4.94. The van der Waals surface area contributed by atoms with E-state index in [1.165, 1.54) is 6.07 Å². The molecule has 0 spiro atoms. The second-order valence-corrected chi connectivity index (χ2v) is 2.79. The molecule has 1 nitrogen and oxygen atoms in total. The lowest BCUT2D eigenvalue weighted by Crippen LogP contribution is -1.83. The van der Waals surface area contributed by atoms with Crippen molar-refractivity contribution in [3.05, 3.63) is 42.0 Å². The van der Waals surface area contributed by atoms with Crippen LogP contribution in [0.3, 0.4) is 0 Å². The highest BCUT2D eigenvalue weighted by atomic mass is 19.1. The van der Waals surface area contributed by atoms with E-state index in [1.54, 1.807) is 24.5 Å². The molecule has 0 unspecified atom stereocenters. The second kappa shape index (κ2) is 2.55. The lowest BCUT2D eigenvalue weighted by molar-refractivity contribution is 0.639. The maximum atomic E-state index is 13.1. The van der Waals surface area contributed by atoms with Crippen molar-refractivity contribution in [1.29, 1.82) is 0 Å². The normalized spacial score (nSPS) is 10.5. The standard InChI is InChI=1S/C10H8FN/c1-7-2-3-10(11)8-4-5-12-6-9(7)8/h2-6H,1H3. The van der Waals surface area contributed by atoms with Gasteiger partial charge in [-0.25, -0.2) is 4.39 Å². The Morgan fingerprint density at radius 2 is 2.00 bits per heavy atom. The van der Waals surface area contributed by atoms with E-state index >= 15 is 0 Å². The molecule has 0 N–H and O–H groups in total. The van der Waals surface area contributed by atoms with E-state index < -0.39 is 0 Å². The fourth-order valence-electron chi connectivity index (χ4n) is 1.29. The van der Waals surface area contributed by atoms with E-state index in [2.05, 4.69) is 4.98 Å². The summed E-state index contributed by atoms with van der Waals surface area (Å²) in [5, 5.41) is 1.53. The second-order valence-electron chi connectivity index (χ2n) is 2.79. The molecule has 2 aromatic rings. The molecule has 2 heteroatoms. The van der Waals surface area contributed by atoms with Crippen LogP contribution in [-0.4, -0.2) is 4.98 Å². The number of hydrogen-bond donors (Lipinski definition) is 0. The van der Waals surface area contributed by atoms with Crippen molar-refractivity contribution in [3.8, 4) is 0 Å². The molecule has 2 rings (SSSR count). The van der Waals surface area contributed by atoms with Gasteiger partial charge in [-0.2, -0.15) is 0 Å². The zero-order chi connectivity index (χ0) is 8.55. The molecule has 0 aliphatic carbocycles. The largest absolute Gasteiger partial charge is 0.264 e. The maximum Gasteiger partial charge on any atom is 0.131 e. The molecule has 0 bridgehead atoms. The fourth-order valence-corrected chi connectivity index (χ4v) is 1.29. The van der Waals surface area contributed by atoms with Crippen LogP contribution in [0.25, 0.3) is 10.8 Å². The van der Waals surface area contributed by atoms with Gasteiger partial charge in [0, 0.05) is 23.2 Å². The van der Waals surface area contributed by atoms with Crippen LogP contribution in [0.1, 0.15) is 5.56 Å². The quantitative estimate of drug-likeness (QED) is 0.578. The first-order chi connectivity index (χ1) is 5.79. The van der Waals surface area contributed by atoms with E-state index in [-0.39, 0.29) is 5.82 Å². The van der Waals surface area contributed by atoms with Crippen molar-refractivity contribution in [2.75, 3.05) is 0 Å². The highest BCUT2D eigenvalue weighted by Crippen LogP contribution is 2.19. The van der Waals surface area contributed by atoms with Crippen LogP contribution >= 0.6 is 0 Å². The summed E-state index contributed by atoms with van der Waals surface area (Å²) >= 11 is 0. The van der Waals surface area contributed by atoms with Gasteiger partial charge in [0.15, 0.2) is 0 Å². The van der Waals surface area contributed by atoms with E-state index in [0.29, 0.717) is 5.39 Å². The molecule has 0 saturated heterocycles. The van der Waals surface area contributed by atoms with Gasteiger partial charge >= 0.3 is 0 Å². The molecule has 12 heavy (non-hydrogen) atoms. The molecule has 1 aromatic heterocycles. The van der Waals surface area contributed by atoms with Crippen molar-refractivity contribution < 1.29 is 4.39 Å². The maximum absolute atomic E-state index is 13.1. The van der Waals surface area contributed by atoms with Gasteiger partial charge in [0.2, 0.25) is 0 Å². The van der Waals surface area contributed by atoms with Crippen LogP contribution in [-0.2, 0) is 0 Å². The molecule has 0 fully saturated rings. The summed E-state index contributed by atoms with van der Waals surface area (Å²) in [6.07, 6.45) is 3.29. The van der Waals surface area contributed by atoms with E-state index in [9.17, 15) is 4.39 Å². The van der Waals surface area contributed by atoms with Crippen molar-refractivity contribution in [2.24, 2.45) is 0 Å². The molecule has 1 aromatic carbocycles. The summed E-state index contributed by atoms with van der Waals surface area (Å²) in [4.78, 5) is 3.95. The average Bonchev–Trinajstić information content (AvgIpc) is 2.12. The average molecular weight is 161 g/mol. The third-order valence-corrected chi connectivity index (χ3v) is 1.98. The minimum Gasteiger partial charge on any atom is -0.264 e. The van der Waals surface area contributed by atoms with Gasteiger partial charge in [0.1, 0.15) is 5.82 Å². The summed E-state index contributed by atoms with van der Waals surface area (Å²) in [5.41, 5.74) is 1.06. The molecule has 0 atom stereocenters. The number of pyridine rings is 1. The van der Waals surface area contributed by atoms with Crippen LogP contribution in [0.5, 0.6) is 0 Å². The van der Waals surface area contributed by atoms with Crippen molar-refractivity contribution in [3.63, 3.8) is 0 Å². The fraction of sp³-hybridized carbons (Fsp3) is 0.100. The Kier molecular flexibility index (Phi) is 1.54. The number of hydrogen-bond acceptors (Lipinski definition) is 1. The number of nitrogens with zero attached hydrogens (tertiary/aromatic N) is 1. The van der Waals surface area contributed by atoms with E-state index in [4.69, 9.17) is 0 Å². The minimum atomic E-state index is -0.182. The zero-order valence-electron chi connectivity index (χ0n) is 6.71. The summed E-state index contributed by atoms with van der Waals surface area (Å²) in [6.45, 7) is 1.95. The van der Waals surface area contributed by atoms with E-state index in [1.807, 2.05) is 6.92 Å². The number of fused-ring (bicyclic) bond motifs is 1. The Morgan fingerprint density at radius 3 is 2.75 bits per heavy atom. The lowest BCUT2D eigenvalue weighted by atomic mass is 10.1. The molecular formula is C10H8FN. The Morgan fingerprint density at radius 1 is 1.17 bits per heavy atom. The van der Waals surface area contributed by atoms with Crippen LogP contribution in [0.4, 0.5) is 4.39 Å². The van der Waals surface area contributed by atoms with Crippen LogP contribution < -0.4 is 0 Å². The van der Waals surface area contributed by atoms with Gasteiger partial charge in [0.05, 0.1) is 0 Å². The van der Waals surface area contributed by atoms with Crippen LogP contribution in [0, 0.1) is 12.7 Å². The Hall–Kier alpha value is -1.44. The van der Waals surface area contributed by atoms with Gasteiger partial charge in [-0.1, -0.05) is 6.07 Å². The van der Waals surface area contributed by atoms with Crippen molar-refractivity contribution in [2.45, 2.75) is 6.92 Å². The minimum absolute atomic E-state index is 0.182. The zero-order valence-corrected chi connectivity index (χ0v) is 6.71. The Balaban J connectivity index is 2.95. The molecule has 0 saturated carbocycles. The number of halogens is 1. The molecule has 1 heterocycles. The predicted octanol–water partition coefficient (Wildman–Crippen LogP) is 2.68. The highest BCUT2D eigenvalue weighted by Gasteiger charge is 2.00. The third kappa shape index (κ3) is 0.961. The van der Waals surface area contributed by atoms with Crippen LogP contribution in [0.2, 0.25) is 0 Å². The smallest absolute Gasteiger partial charge is 0.131 e. The summed E-state index contributed by atoms with van der Waals surface area (Å²) in [7, 11) is 0. The van der Waals surface area contributed by atoms with E-state index in [0.717, 1.165) is 10.9 Å². The monoisotopic (exact) mass is 161 g/mol. The first-order valence-electron chi connectivity index (χ1n) is 3.78. The summed E-state index contributed by atoms with van der Waals surface area (Å²) in [5.74, 6) is -0.182. The molecular weight excluding hydrogens is 153 g/mol. The third-order valence-electron chi connectivity index (χ3n) is 1.98. The topological polar surface area (TPSA) is 12.9 Å². The number of benzene rings is 1. The molecule has 0 aliphatic heterocycles. The molecule has 0 aliphatic rings. The van der Waals surface area contributed by atoms with Crippen molar-refractivity contribution in [1.82, 2.24) is 4.98 Å². The highest BCUT2D eigenvalue weighted by molar-refractivity contribution is 5.84. The molecule has 0 radical (unpaired) electrons. The molecule has 60 valence electrons. The summed E-state index contributed by atoms with van der Waals surface area (Å²) < 4.78 is 13.1.